The molecular formula is C23H31N3O5. The van der Waals surface area contributed by atoms with Crippen molar-refractivity contribution in [3.8, 4) is 11.8 Å². The van der Waals surface area contributed by atoms with Crippen LogP contribution in [0.1, 0.15) is 42.1 Å². The quantitative estimate of drug-likeness (QED) is 0.679. The Bertz CT molecular complexity index is 852. The SMILES string of the molecule is CO[C@H]1CC[C@H]2CCN(C)C(=O)[C@@H](C)CN(C)C(=O)c3cc(C#N)ccc3OC[C@@H]1O2. The molecule has 8 heteroatoms. The molecule has 0 aromatic heterocycles. The molecule has 8 nitrogen and oxygen atoms in total. The molecule has 2 amide bonds. The minimum atomic E-state index is -0.356. The highest BCUT2D eigenvalue weighted by molar-refractivity contribution is 5.97. The standard InChI is InChI=1S/C23H31N3O5/c1-15-13-26(3)23(28)18-11-16(12-24)5-7-19(18)30-14-21-20(29-4)8-6-17(31-21)9-10-25(2)22(15)27/h5,7,11,15,17,20-21H,6,8-10,13-14H2,1-4H3/t15-,17-,20-,21-/m0/s1. The van der Waals surface area contributed by atoms with Crippen LogP contribution in [0.15, 0.2) is 18.2 Å². The minimum Gasteiger partial charge on any atom is -0.490 e. The lowest BCUT2D eigenvalue weighted by Crippen LogP contribution is -2.44. The average molecular weight is 430 g/mol. The molecule has 1 aromatic rings. The fraction of sp³-hybridized carbons (Fsp3) is 0.609. The van der Waals surface area contributed by atoms with E-state index in [4.69, 9.17) is 14.2 Å². The smallest absolute Gasteiger partial charge is 0.257 e. The molecule has 0 N–H and O–H groups in total. The van der Waals surface area contributed by atoms with Gasteiger partial charge in [-0.1, -0.05) is 6.92 Å². The van der Waals surface area contributed by atoms with Crippen LogP contribution < -0.4 is 4.74 Å². The third kappa shape index (κ3) is 5.35. The summed E-state index contributed by atoms with van der Waals surface area (Å²) in [4.78, 5) is 29.2. The van der Waals surface area contributed by atoms with Crippen molar-refractivity contribution in [2.45, 2.75) is 44.5 Å². The van der Waals surface area contributed by atoms with Crippen molar-refractivity contribution in [2.24, 2.45) is 5.92 Å². The van der Waals surface area contributed by atoms with Crippen molar-refractivity contribution < 1.29 is 23.8 Å². The van der Waals surface area contributed by atoms with Crippen LogP contribution in [0.2, 0.25) is 0 Å². The number of nitriles is 1. The van der Waals surface area contributed by atoms with Crippen molar-refractivity contribution >= 4 is 11.8 Å². The largest absolute Gasteiger partial charge is 0.490 e. The molecule has 1 saturated heterocycles. The molecule has 0 radical (unpaired) electrons. The summed E-state index contributed by atoms with van der Waals surface area (Å²) in [7, 11) is 5.10. The van der Waals surface area contributed by atoms with E-state index >= 15 is 0 Å². The van der Waals surface area contributed by atoms with Gasteiger partial charge in [0.05, 0.1) is 35.3 Å². The second-order valence-corrected chi connectivity index (χ2v) is 8.42. The summed E-state index contributed by atoms with van der Waals surface area (Å²) in [6.45, 7) is 2.91. The molecule has 0 aliphatic carbocycles. The lowest BCUT2D eigenvalue weighted by molar-refractivity contribution is -0.146. The van der Waals surface area contributed by atoms with E-state index in [9.17, 15) is 14.9 Å². The van der Waals surface area contributed by atoms with Crippen molar-refractivity contribution in [2.75, 3.05) is 40.9 Å². The lowest BCUT2D eigenvalue weighted by atomic mass is 9.99. The van der Waals surface area contributed by atoms with E-state index in [1.807, 2.05) is 6.92 Å². The van der Waals surface area contributed by atoms with Crippen LogP contribution in [0.3, 0.4) is 0 Å². The number of fused-ring (bicyclic) bond motifs is 3. The van der Waals surface area contributed by atoms with Crippen molar-refractivity contribution in [1.29, 1.82) is 5.26 Å². The van der Waals surface area contributed by atoms with Crippen LogP contribution >= 0.6 is 0 Å². The van der Waals surface area contributed by atoms with E-state index in [2.05, 4.69) is 6.07 Å². The third-order valence-corrected chi connectivity index (χ3v) is 6.08. The first-order valence-electron chi connectivity index (χ1n) is 10.7. The van der Waals surface area contributed by atoms with Gasteiger partial charge in [0.15, 0.2) is 0 Å². The number of hydrogen-bond acceptors (Lipinski definition) is 6. The van der Waals surface area contributed by atoms with Crippen LogP contribution in [0.4, 0.5) is 0 Å². The van der Waals surface area contributed by atoms with Crippen molar-refractivity contribution in [3.63, 3.8) is 0 Å². The van der Waals surface area contributed by atoms with Gasteiger partial charge < -0.3 is 24.0 Å². The van der Waals surface area contributed by atoms with Crippen LogP contribution in [-0.2, 0) is 14.3 Å². The number of carbonyl (C=O) groups is 2. The van der Waals surface area contributed by atoms with Gasteiger partial charge in [-0.05, 0) is 37.5 Å². The number of hydrogen-bond donors (Lipinski definition) is 0. The predicted molar refractivity (Wildman–Crippen MR) is 114 cm³/mol. The van der Waals surface area contributed by atoms with Gasteiger partial charge in [0.25, 0.3) is 5.91 Å². The number of rotatable bonds is 1. The fourth-order valence-electron chi connectivity index (χ4n) is 4.23. The van der Waals surface area contributed by atoms with Crippen LogP contribution in [0, 0.1) is 17.2 Å². The molecule has 0 saturated carbocycles. The first kappa shape index (κ1) is 23.0. The first-order chi connectivity index (χ1) is 14.8. The normalized spacial score (nSPS) is 28.1. The molecule has 168 valence electrons. The Morgan fingerprint density at radius 2 is 1.94 bits per heavy atom. The van der Waals surface area contributed by atoms with Gasteiger partial charge in [-0.3, -0.25) is 9.59 Å². The Labute approximate surface area is 183 Å². The number of nitrogens with zero attached hydrogens (tertiary/aromatic N) is 3. The number of amides is 2. The monoisotopic (exact) mass is 429 g/mol. The maximum Gasteiger partial charge on any atom is 0.257 e. The second kappa shape index (κ2) is 10.1. The Morgan fingerprint density at radius 1 is 1.16 bits per heavy atom. The Kier molecular flexibility index (Phi) is 7.52. The van der Waals surface area contributed by atoms with Crippen LogP contribution in [0.25, 0.3) is 0 Å². The van der Waals surface area contributed by atoms with Gasteiger partial charge in [0, 0.05) is 34.3 Å². The molecule has 2 heterocycles. The topological polar surface area (TPSA) is 92.1 Å². The zero-order valence-electron chi connectivity index (χ0n) is 18.7. The van der Waals surface area contributed by atoms with Gasteiger partial charge in [0.2, 0.25) is 5.91 Å². The molecule has 0 spiro atoms. The maximum absolute atomic E-state index is 13.2. The molecule has 3 rings (SSSR count). The van der Waals surface area contributed by atoms with E-state index < -0.39 is 0 Å². The minimum absolute atomic E-state index is 0.0143. The highest BCUT2D eigenvalue weighted by Gasteiger charge is 2.33. The zero-order chi connectivity index (χ0) is 22.5. The summed E-state index contributed by atoms with van der Waals surface area (Å²) < 4.78 is 17.9. The highest BCUT2D eigenvalue weighted by atomic mass is 16.6. The van der Waals surface area contributed by atoms with Crippen molar-refractivity contribution in [3.05, 3.63) is 29.3 Å². The summed E-state index contributed by atoms with van der Waals surface area (Å²) in [5.74, 6) is -0.276. The summed E-state index contributed by atoms with van der Waals surface area (Å²) in [5, 5.41) is 9.29. The Hall–Kier alpha value is -2.63. The van der Waals surface area contributed by atoms with E-state index in [0.29, 0.717) is 23.4 Å². The average Bonchev–Trinajstić information content (AvgIpc) is 2.79. The Morgan fingerprint density at radius 3 is 2.65 bits per heavy atom. The molecular weight excluding hydrogens is 398 g/mol. The predicted octanol–water partition coefficient (Wildman–Crippen LogP) is 2.07. The molecule has 1 aromatic carbocycles. The molecule has 2 aliphatic rings. The number of methoxy groups -OCH3 is 1. The molecule has 2 aliphatic heterocycles. The summed E-state index contributed by atoms with van der Waals surface area (Å²) in [6.07, 6.45) is 2.05. The third-order valence-electron chi connectivity index (χ3n) is 6.08. The lowest BCUT2D eigenvalue weighted by Gasteiger charge is -2.36. The van der Waals surface area contributed by atoms with Gasteiger partial charge in [-0.2, -0.15) is 5.26 Å². The highest BCUT2D eigenvalue weighted by Crippen LogP contribution is 2.27. The number of carbonyl (C=O) groups excluding carboxylic acids is 2. The van der Waals surface area contributed by atoms with Crippen molar-refractivity contribution in [1.82, 2.24) is 9.80 Å². The first-order valence-corrected chi connectivity index (χ1v) is 10.7. The van der Waals surface area contributed by atoms with Crippen LogP contribution in [0.5, 0.6) is 5.75 Å². The van der Waals surface area contributed by atoms with Crippen LogP contribution in [-0.4, -0.2) is 80.8 Å². The number of benzene rings is 1. The summed E-state index contributed by atoms with van der Waals surface area (Å²) in [6, 6.07) is 6.86. The molecule has 4 atom stereocenters. The molecule has 31 heavy (non-hydrogen) atoms. The van der Waals surface area contributed by atoms with E-state index in [0.717, 1.165) is 19.3 Å². The zero-order valence-corrected chi connectivity index (χ0v) is 18.7. The van der Waals surface area contributed by atoms with E-state index in [-0.39, 0.29) is 49.2 Å². The van der Waals surface area contributed by atoms with E-state index in [1.54, 1.807) is 38.2 Å². The molecule has 1 fully saturated rings. The van der Waals surface area contributed by atoms with Gasteiger partial charge in [0.1, 0.15) is 18.5 Å². The van der Waals surface area contributed by atoms with Gasteiger partial charge in [-0.15, -0.1) is 0 Å². The van der Waals surface area contributed by atoms with Gasteiger partial charge in [-0.25, -0.2) is 0 Å². The maximum atomic E-state index is 13.2. The second-order valence-electron chi connectivity index (χ2n) is 8.42. The summed E-state index contributed by atoms with van der Waals surface area (Å²) in [5.41, 5.74) is 0.667. The molecule has 0 unspecified atom stereocenters. The summed E-state index contributed by atoms with van der Waals surface area (Å²) >= 11 is 0. The number of ether oxygens (including phenoxy) is 3. The molecule has 2 bridgehead atoms. The van der Waals surface area contributed by atoms with E-state index in [1.165, 1.54) is 11.0 Å². The fourth-order valence-corrected chi connectivity index (χ4v) is 4.23. The Balaban J connectivity index is 1.94. The van der Waals surface area contributed by atoms with Gasteiger partial charge >= 0.3 is 0 Å².